The van der Waals surface area contributed by atoms with Gasteiger partial charge in [-0.15, -0.1) is 0 Å². The molecule has 0 radical (unpaired) electrons. The van der Waals surface area contributed by atoms with Crippen LogP contribution in [0, 0.1) is 0 Å². The SMILES string of the molecule is COc1ccc(N(CC(=O)N(Cc2ccccc2Cl)C(C)C(=O)NC2CCCC2)S(C)(=O)=O)c(OC)c1. The molecular formula is C26H34ClN3O6S. The van der Waals surface area contributed by atoms with Crippen molar-refractivity contribution in [3.63, 3.8) is 0 Å². The van der Waals surface area contributed by atoms with Crippen molar-refractivity contribution in [1.29, 1.82) is 0 Å². The molecule has 0 spiro atoms. The number of methoxy groups -OCH3 is 2. The largest absolute Gasteiger partial charge is 0.497 e. The average molecular weight is 552 g/mol. The quantitative estimate of drug-likeness (QED) is 0.457. The van der Waals surface area contributed by atoms with Crippen LogP contribution in [0.2, 0.25) is 5.02 Å². The molecule has 1 atom stereocenters. The second-order valence-corrected chi connectivity index (χ2v) is 11.4. The van der Waals surface area contributed by atoms with Crippen LogP contribution in [0.3, 0.4) is 0 Å². The number of sulfonamides is 1. The summed E-state index contributed by atoms with van der Waals surface area (Å²) in [7, 11) is -1.02. The Kier molecular flexibility index (Phi) is 9.67. The maximum absolute atomic E-state index is 13.7. The lowest BCUT2D eigenvalue weighted by atomic mass is 10.1. The predicted octanol–water partition coefficient (Wildman–Crippen LogP) is 3.60. The molecule has 1 saturated carbocycles. The Morgan fingerprint density at radius 2 is 1.78 bits per heavy atom. The van der Waals surface area contributed by atoms with Gasteiger partial charge in [0.25, 0.3) is 0 Å². The number of rotatable bonds is 11. The molecule has 0 saturated heterocycles. The molecular weight excluding hydrogens is 518 g/mol. The van der Waals surface area contributed by atoms with Crippen LogP contribution in [0.25, 0.3) is 0 Å². The van der Waals surface area contributed by atoms with Crippen LogP contribution in [0.1, 0.15) is 38.2 Å². The highest BCUT2D eigenvalue weighted by molar-refractivity contribution is 7.92. The molecule has 1 aliphatic carbocycles. The fraction of sp³-hybridized carbons (Fsp3) is 0.462. The molecule has 1 unspecified atom stereocenters. The average Bonchev–Trinajstić information content (AvgIpc) is 3.38. The normalized spacial score (nSPS) is 14.6. The van der Waals surface area contributed by atoms with Crippen LogP contribution >= 0.6 is 11.6 Å². The Labute approximate surface area is 223 Å². The summed E-state index contributed by atoms with van der Waals surface area (Å²) in [5.41, 5.74) is 0.825. The molecule has 0 aliphatic heterocycles. The Morgan fingerprint density at radius 1 is 1.11 bits per heavy atom. The number of anilines is 1. The minimum Gasteiger partial charge on any atom is -0.497 e. The molecule has 202 valence electrons. The van der Waals surface area contributed by atoms with Crippen molar-refractivity contribution >= 4 is 39.1 Å². The van der Waals surface area contributed by atoms with Gasteiger partial charge in [0, 0.05) is 23.7 Å². The predicted molar refractivity (Wildman–Crippen MR) is 144 cm³/mol. The number of nitrogens with zero attached hydrogens (tertiary/aromatic N) is 2. The standard InChI is InChI=1S/C26H34ClN3O6S/c1-18(26(32)28-20-10-6-7-11-20)29(16-19-9-5-8-12-22(19)27)25(31)17-30(37(4,33)34)23-14-13-21(35-2)15-24(23)36-3/h5,8-9,12-15,18,20H,6-7,10-11,16-17H2,1-4H3,(H,28,32). The van der Waals surface area contributed by atoms with Crippen LogP contribution in [0.5, 0.6) is 11.5 Å². The van der Waals surface area contributed by atoms with E-state index in [9.17, 15) is 18.0 Å². The lowest BCUT2D eigenvalue weighted by Gasteiger charge is -2.32. The van der Waals surface area contributed by atoms with Crippen molar-refractivity contribution in [2.24, 2.45) is 0 Å². The van der Waals surface area contributed by atoms with Gasteiger partial charge in [-0.1, -0.05) is 42.6 Å². The van der Waals surface area contributed by atoms with Gasteiger partial charge >= 0.3 is 0 Å². The van der Waals surface area contributed by atoms with Gasteiger partial charge in [0.2, 0.25) is 21.8 Å². The Morgan fingerprint density at radius 3 is 2.38 bits per heavy atom. The zero-order chi connectivity index (χ0) is 27.2. The van der Waals surface area contributed by atoms with Gasteiger partial charge in [-0.3, -0.25) is 13.9 Å². The number of hydrogen-bond donors (Lipinski definition) is 1. The second kappa shape index (κ2) is 12.5. The maximum atomic E-state index is 13.7. The van der Waals surface area contributed by atoms with Gasteiger partial charge in [-0.2, -0.15) is 0 Å². The van der Waals surface area contributed by atoms with Crippen molar-refractivity contribution in [2.45, 2.75) is 51.2 Å². The van der Waals surface area contributed by atoms with E-state index < -0.39 is 28.5 Å². The third-order valence-electron chi connectivity index (χ3n) is 6.50. The number of benzene rings is 2. The number of nitrogens with one attached hydrogen (secondary N) is 1. The van der Waals surface area contributed by atoms with E-state index in [0.29, 0.717) is 16.3 Å². The van der Waals surface area contributed by atoms with Crippen LogP contribution < -0.4 is 19.1 Å². The summed E-state index contributed by atoms with van der Waals surface area (Å²) in [4.78, 5) is 28.2. The van der Waals surface area contributed by atoms with E-state index in [-0.39, 0.29) is 29.9 Å². The number of ether oxygens (including phenoxy) is 2. The van der Waals surface area contributed by atoms with Crippen molar-refractivity contribution in [3.05, 3.63) is 53.1 Å². The molecule has 1 aliphatic rings. The number of carbonyl (C=O) groups excluding carboxylic acids is 2. The number of halogens is 1. The van der Waals surface area contributed by atoms with Crippen molar-refractivity contribution < 1.29 is 27.5 Å². The summed E-state index contributed by atoms with van der Waals surface area (Å²) in [6, 6.07) is 10.9. The van der Waals surface area contributed by atoms with Crippen LogP contribution in [0.4, 0.5) is 5.69 Å². The smallest absolute Gasteiger partial charge is 0.244 e. The van der Waals surface area contributed by atoms with Gasteiger partial charge in [-0.05, 0) is 43.5 Å². The summed E-state index contributed by atoms with van der Waals surface area (Å²) in [6.45, 7) is 1.14. The summed E-state index contributed by atoms with van der Waals surface area (Å²) >= 11 is 6.36. The minimum atomic E-state index is -3.91. The lowest BCUT2D eigenvalue weighted by Crippen LogP contribution is -2.52. The van der Waals surface area contributed by atoms with E-state index in [4.69, 9.17) is 21.1 Å². The summed E-state index contributed by atoms with van der Waals surface area (Å²) in [5, 5.41) is 3.47. The Bertz CT molecular complexity index is 1220. The lowest BCUT2D eigenvalue weighted by molar-refractivity contribution is -0.139. The van der Waals surface area contributed by atoms with Crippen molar-refractivity contribution in [2.75, 3.05) is 31.3 Å². The fourth-order valence-electron chi connectivity index (χ4n) is 4.37. The summed E-state index contributed by atoms with van der Waals surface area (Å²) in [5.74, 6) is -0.155. The molecule has 11 heteroatoms. The highest BCUT2D eigenvalue weighted by Gasteiger charge is 2.32. The zero-order valence-electron chi connectivity index (χ0n) is 21.6. The number of amides is 2. The zero-order valence-corrected chi connectivity index (χ0v) is 23.1. The molecule has 2 aromatic rings. The van der Waals surface area contributed by atoms with Crippen LogP contribution in [-0.4, -0.2) is 64.2 Å². The van der Waals surface area contributed by atoms with Gasteiger partial charge in [-0.25, -0.2) is 8.42 Å². The van der Waals surface area contributed by atoms with Crippen molar-refractivity contribution in [3.8, 4) is 11.5 Å². The van der Waals surface area contributed by atoms with E-state index >= 15 is 0 Å². The number of carbonyl (C=O) groups is 2. The van der Waals surface area contributed by atoms with Crippen LogP contribution in [-0.2, 0) is 26.2 Å². The molecule has 9 nitrogen and oxygen atoms in total. The third-order valence-corrected chi connectivity index (χ3v) is 8.00. The molecule has 0 aromatic heterocycles. The second-order valence-electron chi connectivity index (χ2n) is 9.09. The van der Waals surface area contributed by atoms with Gasteiger partial charge < -0.3 is 19.7 Å². The van der Waals surface area contributed by atoms with Crippen LogP contribution in [0.15, 0.2) is 42.5 Å². The molecule has 2 amide bonds. The molecule has 2 aromatic carbocycles. The maximum Gasteiger partial charge on any atom is 0.244 e. The van der Waals surface area contributed by atoms with E-state index in [0.717, 1.165) is 36.2 Å². The fourth-order valence-corrected chi connectivity index (χ4v) is 5.42. The van der Waals surface area contributed by atoms with E-state index in [1.165, 1.54) is 31.3 Å². The monoisotopic (exact) mass is 551 g/mol. The van der Waals surface area contributed by atoms with Gasteiger partial charge in [0.05, 0.1) is 26.2 Å². The van der Waals surface area contributed by atoms with Gasteiger partial charge in [0.1, 0.15) is 24.1 Å². The van der Waals surface area contributed by atoms with E-state index in [2.05, 4.69) is 5.32 Å². The first-order valence-corrected chi connectivity index (χ1v) is 14.3. The topological polar surface area (TPSA) is 105 Å². The summed E-state index contributed by atoms with van der Waals surface area (Å²) < 4.78 is 37.2. The molecule has 0 heterocycles. The number of hydrogen-bond acceptors (Lipinski definition) is 6. The minimum absolute atomic E-state index is 0.0368. The van der Waals surface area contributed by atoms with E-state index in [1.807, 2.05) is 0 Å². The first-order valence-electron chi connectivity index (χ1n) is 12.1. The van der Waals surface area contributed by atoms with Crippen molar-refractivity contribution in [1.82, 2.24) is 10.2 Å². The Hall–Kier alpha value is -2.98. The first-order chi connectivity index (χ1) is 17.5. The molecule has 0 bridgehead atoms. The van der Waals surface area contributed by atoms with Gasteiger partial charge in [0.15, 0.2) is 0 Å². The highest BCUT2D eigenvalue weighted by atomic mass is 35.5. The molecule has 1 N–H and O–H groups in total. The molecule has 1 fully saturated rings. The van der Waals surface area contributed by atoms with E-state index in [1.54, 1.807) is 37.3 Å². The Balaban J connectivity index is 1.94. The highest BCUT2D eigenvalue weighted by Crippen LogP contribution is 2.34. The first kappa shape index (κ1) is 28.6. The summed E-state index contributed by atoms with van der Waals surface area (Å²) in [6.07, 6.45) is 4.91. The molecule has 3 rings (SSSR count). The molecule has 37 heavy (non-hydrogen) atoms. The third kappa shape index (κ3) is 7.29.